The van der Waals surface area contributed by atoms with Crippen LogP contribution in [0.2, 0.25) is 0 Å². The van der Waals surface area contributed by atoms with Crippen LogP contribution < -0.4 is 0 Å². The van der Waals surface area contributed by atoms with Gasteiger partial charge in [-0.15, -0.1) is 0 Å². The van der Waals surface area contributed by atoms with Gasteiger partial charge in [0.15, 0.2) is 0 Å². The smallest absolute Gasteiger partial charge is 0.335 e. The van der Waals surface area contributed by atoms with Crippen molar-refractivity contribution >= 4 is 5.97 Å². The van der Waals surface area contributed by atoms with Gasteiger partial charge in [0.1, 0.15) is 0 Å². The Labute approximate surface area is 143 Å². The largest absolute Gasteiger partial charge is 0.478 e. The predicted molar refractivity (Wildman–Crippen MR) is 96.7 cm³/mol. The Morgan fingerprint density at radius 2 is 1.83 bits per heavy atom. The van der Waals surface area contributed by atoms with Crippen molar-refractivity contribution < 1.29 is 9.90 Å². The Bertz CT molecular complexity index is 706. The number of carbonyl (C=O) groups is 1. The van der Waals surface area contributed by atoms with E-state index in [-0.39, 0.29) is 0 Å². The molecule has 24 heavy (non-hydrogen) atoms. The summed E-state index contributed by atoms with van der Waals surface area (Å²) in [6.45, 7) is 1.09. The number of hydrogen-bond donors (Lipinski definition) is 1. The van der Waals surface area contributed by atoms with E-state index in [1.54, 1.807) is 12.1 Å². The normalized spacial score (nSPS) is 20.0. The third-order valence-electron chi connectivity index (χ3n) is 5.06. The lowest BCUT2D eigenvalue weighted by molar-refractivity contribution is 0.0697. The van der Waals surface area contributed by atoms with Gasteiger partial charge in [-0.3, -0.25) is 0 Å². The summed E-state index contributed by atoms with van der Waals surface area (Å²) >= 11 is 0. The zero-order valence-corrected chi connectivity index (χ0v) is 14.4. The molecule has 2 unspecified atom stereocenters. The molecule has 0 saturated carbocycles. The van der Waals surface area contributed by atoms with Crippen LogP contribution in [0.1, 0.15) is 39.4 Å². The molecular formula is C21H25NO2. The first-order valence-corrected chi connectivity index (χ1v) is 8.59. The number of hydrogen-bond acceptors (Lipinski definition) is 2. The van der Waals surface area contributed by atoms with Crippen molar-refractivity contribution in [2.24, 2.45) is 5.92 Å². The number of aryl methyl sites for hydroxylation is 1. The van der Waals surface area contributed by atoms with Gasteiger partial charge in [0.25, 0.3) is 0 Å². The van der Waals surface area contributed by atoms with E-state index in [2.05, 4.69) is 43.3 Å². The molecule has 0 radical (unpaired) electrons. The molecule has 0 aliphatic heterocycles. The van der Waals surface area contributed by atoms with E-state index in [9.17, 15) is 4.79 Å². The molecule has 0 fully saturated rings. The zero-order valence-electron chi connectivity index (χ0n) is 14.4. The molecule has 3 rings (SSSR count). The molecule has 0 heterocycles. The number of benzene rings is 2. The molecule has 2 aromatic rings. The summed E-state index contributed by atoms with van der Waals surface area (Å²) < 4.78 is 0. The molecule has 3 heteroatoms. The van der Waals surface area contributed by atoms with Crippen LogP contribution in [0.3, 0.4) is 0 Å². The van der Waals surface area contributed by atoms with Gasteiger partial charge in [-0.1, -0.05) is 36.4 Å². The molecular weight excluding hydrogens is 298 g/mol. The molecule has 0 saturated heterocycles. The summed E-state index contributed by atoms with van der Waals surface area (Å²) in [5.41, 5.74) is 4.51. The second kappa shape index (κ2) is 7.18. The van der Waals surface area contributed by atoms with E-state index in [1.807, 2.05) is 12.1 Å². The van der Waals surface area contributed by atoms with E-state index in [0.29, 0.717) is 17.4 Å². The lowest BCUT2D eigenvalue weighted by Gasteiger charge is -2.35. The fourth-order valence-corrected chi connectivity index (χ4v) is 3.92. The van der Waals surface area contributed by atoms with Gasteiger partial charge in [0, 0.05) is 6.54 Å². The molecule has 3 nitrogen and oxygen atoms in total. The molecule has 0 amide bonds. The van der Waals surface area contributed by atoms with Crippen LogP contribution in [-0.2, 0) is 12.8 Å². The van der Waals surface area contributed by atoms with Gasteiger partial charge in [-0.2, -0.15) is 0 Å². The average molecular weight is 323 g/mol. The summed E-state index contributed by atoms with van der Waals surface area (Å²) in [4.78, 5) is 13.3. The maximum atomic E-state index is 11.0. The van der Waals surface area contributed by atoms with Gasteiger partial charge in [0.05, 0.1) is 5.56 Å². The Morgan fingerprint density at radius 3 is 2.50 bits per heavy atom. The average Bonchev–Trinajstić information content (AvgIpc) is 2.57. The Hall–Kier alpha value is -2.13. The van der Waals surface area contributed by atoms with Crippen LogP contribution in [0.4, 0.5) is 0 Å². The third kappa shape index (κ3) is 3.68. The number of nitrogens with zero attached hydrogens (tertiary/aromatic N) is 1. The van der Waals surface area contributed by atoms with E-state index in [1.165, 1.54) is 23.1 Å². The van der Waals surface area contributed by atoms with Crippen molar-refractivity contribution in [1.29, 1.82) is 0 Å². The lowest BCUT2D eigenvalue weighted by Crippen LogP contribution is -2.31. The fourth-order valence-electron chi connectivity index (χ4n) is 3.92. The van der Waals surface area contributed by atoms with Crippen molar-refractivity contribution in [2.75, 3.05) is 20.6 Å². The van der Waals surface area contributed by atoms with Gasteiger partial charge >= 0.3 is 5.97 Å². The Balaban J connectivity index is 1.87. The molecule has 0 bridgehead atoms. The molecule has 1 aliphatic carbocycles. The van der Waals surface area contributed by atoms with Crippen molar-refractivity contribution in [3.8, 4) is 0 Å². The number of aromatic carboxylic acids is 1. The highest BCUT2D eigenvalue weighted by Crippen LogP contribution is 2.38. The van der Waals surface area contributed by atoms with Crippen LogP contribution in [0, 0.1) is 5.92 Å². The number of rotatable bonds is 5. The molecule has 2 aromatic carbocycles. The minimum absolute atomic E-state index is 0.354. The van der Waals surface area contributed by atoms with Crippen LogP contribution in [-0.4, -0.2) is 36.6 Å². The van der Waals surface area contributed by atoms with Crippen molar-refractivity contribution in [3.05, 3.63) is 70.8 Å². The van der Waals surface area contributed by atoms with Crippen LogP contribution >= 0.6 is 0 Å². The van der Waals surface area contributed by atoms with Gasteiger partial charge in [0.2, 0.25) is 0 Å². The third-order valence-corrected chi connectivity index (χ3v) is 5.06. The fraction of sp³-hybridized carbons (Fsp3) is 0.381. The van der Waals surface area contributed by atoms with Crippen LogP contribution in [0.5, 0.6) is 0 Å². The minimum Gasteiger partial charge on any atom is -0.478 e. The maximum Gasteiger partial charge on any atom is 0.335 e. The highest BCUT2D eigenvalue weighted by molar-refractivity contribution is 5.87. The van der Waals surface area contributed by atoms with E-state index < -0.39 is 5.97 Å². The van der Waals surface area contributed by atoms with E-state index in [4.69, 9.17) is 5.11 Å². The summed E-state index contributed by atoms with van der Waals surface area (Å²) in [5.74, 6) is 0.261. The topological polar surface area (TPSA) is 40.5 Å². The summed E-state index contributed by atoms with van der Waals surface area (Å²) in [5, 5.41) is 9.06. The van der Waals surface area contributed by atoms with Crippen molar-refractivity contribution in [1.82, 2.24) is 4.90 Å². The summed E-state index contributed by atoms with van der Waals surface area (Å²) in [6.07, 6.45) is 3.34. The maximum absolute atomic E-state index is 11.0. The highest BCUT2D eigenvalue weighted by Gasteiger charge is 2.29. The summed E-state index contributed by atoms with van der Waals surface area (Å²) in [7, 11) is 4.28. The molecule has 1 N–H and O–H groups in total. The highest BCUT2D eigenvalue weighted by atomic mass is 16.4. The SMILES string of the molecule is CN(C)CC1CCc2ccccc2C1Cc1ccc(C(=O)O)cc1. The first-order chi connectivity index (χ1) is 11.5. The second-order valence-corrected chi connectivity index (χ2v) is 7.07. The van der Waals surface area contributed by atoms with Gasteiger partial charge in [-0.05, 0) is 74.0 Å². The molecule has 0 spiro atoms. The van der Waals surface area contributed by atoms with E-state index >= 15 is 0 Å². The molecule has 1 aliphatic rings. The molecule has 0 aromatic heterocycles. The quantitative estimate of drug-likeness (QED) is 0.909. The number of carboxylic acid groups (broad SMARTS) is 1. The van der Waals surface area contributed by atoms with Gasteiger partial charge in [-0.25, -0.2) is 4.79 Å². The molecule has 2 atom stereocenters. The van der Waals surface area contributed by atoms with E-state index in [0.717, 1.165) is 19.4 Å². The van der Waals surface area contributed by atoms with Gasteiger partial charge < -0.3 is 10.0 Å². The standard InChI is InChI=1S/C21H25NO2/c1-22(2)14-18-12-11-16-5-3-4-6-19(16)20(18)13-15-7-9-17(10-8-15)21(23)24/h3-10,18,20H,11-14H2,1-2H3,(H,23,24). The number of carboxylic acids is 1. The first kappa shape index (κ1) is 16.7. The lowest BCUT2D eigenvalue weighted by atomic mass is 9.72. The predicted octanol–water partition coefficient (Wildman–Crippen LogP) is 3.84. The van der Waals surface area contributed by atoms with Crippen LogP contribution in [0.15, 0.2) is 48.5 Å². The number of fused-ring (bicyclic) bond motifs is 1. The monoisotopic (exact) mass is 323 g/mol. The van der Waals surface area contributed by atoms with Crippen LogP contribution in [0.25, 0.3) is 0 Å². The first-order valence-electron chi connectivity index (χ1n) is 8.59. The minimum atomic E-state index is -0.866. The zero-order chi connectivity index (χ0) is 17.1. The van der Waals surface area contributed by atoms with Crippen molar-refractivity contribution in [3.63, 3.8) is 0 Å². The van der Waals surface area contributed by atoms with Crippen molar-refractivity contribution in [2.45, 2.75) is 25.2 Å². The Kier molecular flexibility index (Phi) is 5.00. The summed E-state index contributed by atoms with van der Waals surface area (Å²) in [6, 6.07) is 16.2. The Morgan fingerprint density at radius 1 is 1.12 bits per heavy atom. The second-order valence-electron chi connectivity index (χ2n) is 7.07. The molecule has 126 valence electrons.